The maximum Gasteiger partial charge on any atom is 0.155 e. The Hall–Kier alpha value is -2.62. The second kappa shape index (κ2) is 6.02. The van der Waals surface area contributed by atoms with Crippen LogP contribution in [0.3, 0.4) is 0 Å². The summed E-state index contributed by atoms with van der Waals surface area (Å²) in [7, 11) is 0. The van der Waals surface area contributed by atoms with Crippen molar-refractivity contribution in [3.05, 3.63) is 59.7 Å². The molecule has 2 aromatic carbocycles. The average molecular weight is 292 g/mol. The summed E-state index contributed by atoms with van der Waals surface area (Å²) >= 11 is 0. The van der Waals surface area contributed by atoms with E-state index < -0.39 is 0 Å². The van der Waals surface area contributed by atoms with Gasteiger partial charge in [0.1, 0.15) is 5.69 Å². The van der Waals surface area contributed by atoms with Crippen LogP contribution in [0.4, 0.5) is 5.82 Å². The van der Waals surface area contributed by atoms with Crippen LogP contribution in [0.15, 0.2) is 48.5 Å². The van der Waals surface area contributed by atoms with Gasteiger partial charge in [0.25, 0.3) is 0 Å². The predicted octanol–water partition coefficient (Wildman–Crippen LogP) is 3.78. The normalized spacial score (nSPS) is 10.8. The van der Waals surface area contributed by atoms with Gasteiger partial charge >= 0.3 is 0 Å². The van der Waals surface area contributed by atoms with Crippen molar-refractivity contribution in [3.8, 4) is 16.9 Å². The zero-order chi connectivity index (χ0) is 15.5. The lowest BCUT2D eigenvalue weighted by Crippen LogP contribution is -2.04. The maximum absolute atomic E-state index is 6.27. The zero-order valence-corrected chi connectivity index (χ0v) is 13.0. The van der Waals surface area contributed by atoms with E-state index in [4.69, 9.17) is 5.73 Å². The molecule has 0 aliphatic heterocycles. The van der Waals surface area contributed by atoms with Crippen LogP contribution in [0.1, 0.15) is 24.5 Å². The van der Waals surface area contributed by atoms with Gasteiger partial charge in [0.05, 0.1) is 5.69 Å². The highest BCUT2D eigenvalue weighted by Gasteiger charge is 2.14. The first kappa shape index (κ1) is 14.3. The largest absolute Gasteiger partial charge is 0.382 e. The van der Waals surface area contributed by atoms with E-state index >= 15 is 0 Å². The van der Waals surface area contributed by atoms with Gasteiger partial charge < -0.3 is 5.73 Å². The Morgan fingerprint density at radius 3 is 2.45 bits per heavy atom. The number of nitrogen functional groups attached to an aromatic ring is 1. The molecule has 0 aliphatic rings. The van der Waals surface area contributed by atoms with E-state index in [-0.39, 0.29) is 0 Å². The molecule has 0 spiro atoms. The van der Waals surface area contributed by atoms with Gasteiger partial charge in [-0.05, 0) is 30.5 Å². The third-order valence-electron chi connectivity index (χ3n) is 3.81. The van der Waals surface area contributed by atoms with Crippen molar-refractivity contribution in [3.63, 3.8) is 0 Å². The standard InChI is InChI=1S/C18H20N4/c1-3-6-14-9-11-15(12-10-14)17-18(19)22(21-20-17)16-8-5-4-7-13(16)2/h4-5,7-12H,3,6,19H2,1-2H3. The smallest absolute Gasteiger partial charge is 0.155 e. The van der Waals surface area contributed by atoms with Gasteiger partial charge in [-0.15, -0.1) is 5.10 Å². The van der Waals surface area contributed by atoms with Crippen molar-refractivity contribution in [1.29, 1.82) is 0 Å². The summed E-state index contributed by atoms with van der Waals surface area (Å²) in [6.07, 6.45) is 2.23. The average Bonchev–Trinajstić information content (AvgIpc) is 2.91. The molecule has 112 valence electrons. The molecule has 22 heavy (non-hydrogen) atoms. The maximum atomic E-state index is 6.27. The number of hydrogen-bond acceptors (Lipinski definition) is 3. The van der Waals surface area contributed by atoms with E-state index in [9.17, 15) is 0 Å². The Morgan fingerprint density at radius 2 is 1.77 bits per heavy atom. The summed E-state index contributed by atoms with van der Waals surface area (Å²) in [6.45, 7) is 4.22. The zero-order valence-electron chi connectivity index (χ0n) is 13.0. The number of benzene rings is 2. The Balaban J connectivity index is 1.98. The molecular weight excluding hydrogens is 272 g/mol. The lowest BCUT2D eigenvalue weighted by molar-refractivity contribution is 0.806. The first-order valence-corrected chi connectivity index (χ1v) is 7.57. The summed E-state index contributed by atoms with van der Waals surface area (Å²) in [5.41, 5.74) is 11.4. The molecule has 0 unspecified atom stereocenters. The fourth-order valence-corrected chi connectivity index (χ4v) is 2.59. The summed E-state index contributed by atoms with van der Waals surface area (Å²) in [6, 6.07) is 16.4. The van der Waals surface area contributed by atoms with Gasteiger partial charge in [-0.3, -0.25) is 0 Å². The van der Waals surface area contributed by atoms with Crippen molar-refractivity contribution >= 4 is 5.82 Å². The van der Waals surface area contributed by atoms with Gasteiger partial charge in [0.2, 0.25) is 0 Å². The minimum Gasteiger partial charge on any atom is -0.382 e. The van der Waals surface area contributed by atoms with E-state index in [1.54, 1.807) is 4.68 Å². The molecule has 0 radical (unpaired) electrons. The minimum absolute atomic E-state index is 0.567. The summed E-state index contributed by atoms with van der Waals surface area (Å²) in [5, 5.41) is 8.49. The number of aromatic nitrogens is 3. The molecule has 0 atom stereocenters. The minimum atomic E-state index is 0.567. The Kier molecular flexibility index (Phi) is 3.92. The lowest BCUT2D eigenvalue weighted by atomic mass is 10.1. The van der Waals surface area contributed by atoms with Crippen LogP contribution in [0.2, 0.25) is 0 Å². The van der Waals surface area contributed by atoms with Crippen LogP contribution in [0, 0.1) is 6.92 Å². The monoisotopic (exact) mass is 292 g/mol. The van der Waals surface area contributed by atoms with E-state index in [1.807, 2.05) is 31.2 Å². The molecular formula is C18H20N4. The third kappa shape index (κ3) is 2.60. The van der Waals surface area contributed by atoms with Crippen molar-refractivity contribution in [2.45, 2.75) is 26.7 Å². The SMILES string of the molecule is CCCc1ccc(-c2nnn(-c3ccccc3C)c2N)cc1. The molecule has 4 nitrogen and oxygen atoms in total. The topological polar surface area (TPSA) is 56.7 Å². The second-order valence-electron chi connectivity index (χ2n) is 5.47. The van der Waals surface area contributed by atoms with Gasteiger partial charge in [-0.25, -0.2) is 0 Å². The van der Waals surface area contributed by atoms with E-state index in [0.29, 0.717) is 5.82 Å². The first-order valence-electron chi connectivity index (χ1n) is 7.57. The van der Waals surface area contributed by atoms with E-state index in [1.165, 1.54) is 5.56 Å². The quantitative estimate of drug-likeness (QED) is 0.796. The molecule has 0 saturated carbocycles. The molecule has 0 bridgehead atoms. The van der Waals surface area contributed by atoms with Crippen molar-refractivity contribution in [1.82, 2.24) is 15.0 Å². The molecule has 3 aromatic rings. The fourth-order valence-electron chi connectivity index (χ4n) is 2.59. The Morgan fingerprint density at radius 1 is 1.05 bits per heavy atom. The molecule has 0 saturated heterocycles. The van der Waals surface area contributed by atoms with Gasteiger partial charge in [-0.2, -0.15) is 4.68 Å². The van der Waals surface area contributed by atoms with Crippen LogP contribution >= 0.6 is 0 Å². The van der Waals surface area contributed by atoms with Gasteiger partial charge in [0.15, 0.2) is 5.82 Å². The first-order chi connectivity index (χ1) is 10.7. The van der Waals surface area contributed by atoms with Gasteiger partial charge in [-0.1, -0.05) is 61.0 Å². The highest BCUT2D eigenvalue weighted by Crippen LogP contribution is 2.26. The van der Waals surface area contributed by atoms with Crippen molar-refractivity contribution in [2.75, 3.05) is 5.73 Å². The van der Waals surface area contributed by atoms with E-state index in [2.05, 4.69) is 41.5 Å². The Labute approximate surface area is 130 Å². The van der Waals surface area contributed by atoms with Crippen LogP contribution in [0.5, 0.6) is 0 Å². The molecule has 1 heterocycles. The molecule has 3 rings (SSSR count). The Bertz CT molecular complexity index is 772. The molecule has 1 aromatic heterocycles. The molecule has 2 N–H and O–H groups in total. The highest BCUT2D eigenvalue weighted by molar-refractivity contribution is 5.71. The molecule has 0 amide bonds. The number of nitrogens with zero attached hydrogens (tertiary/aromatic N) is 3. The second-order valence-corrected chi connectivity index (χ2v) is 5.47. The molecule has 0 aliphatic carbocycles. The summed E-state index contributed by atoms with van der Waals surface area (Å²) in [4.78, 5) is 0. The fraction of sp³-hybridized carbons (Fsp3) is 0.222. The number of anilines is 1. The third-order valence-corrected chi connectivity index (χ3v) is 3.81. The van der Waals surface area contributed by atoms with E-state index in [0.717, 1.165) is 35.3 Å². The predicted molar refractivity (Wildman–Crippen MR) is 89.9 cm³/mol. The summed E-state index contributed by atoms with van der Waals surface area (Å²) < 4.78 is 1.70. The molecule has 0 fully saturated rings. The number of rotatable bonds is 4. The van der Waals surface area contributed by atoms with Crippen molar-refractivity contribution < 1.29 is 0 Å². The number of nitrogens with two attached hydrogens (primary N) is 1. The number of aryl methyl sites for hydroxylation is 2. The molecule has 4 heteroatoms. The summed E-state index contributed by atoms with van der Waals surface area (Å²) in [5.74, 6) is 0.567. The van der Waals surface area contributed by atoms with Crippen LogP contribution in [-0.4, -0.2) is 15.0 Å². The number of para-hydroxylation sites is 1. The number of hydrogen-bond donors (Lipinski definition) is 1. The highest BCUT2D eigenvalue weighted by atomic mass is 15.5. The van der Waals surface area contributed by atoms with Gasteiger partial charge in [0, 0.05) is 5.56 Å². The van der Waals surface area contributed by atoms with Crippen molar-refractivity contribution in [2.24, 2.45) is 0 Å². The van der Waals surface area contributed by atoms with Crippen LogP contribution in [0.25, 0.3) is 16.9 Å². The lowest BCUT2D eigenvalue weighted by Gasteiger charge is -2.07. The van der Waals surface area contributed by atoms with Crippen LogP contribution in [-0.2, 0) is 6.42 Å². The van der Waals surface area contributed by atoms with Crippen LogP contribution < -0.4 is 5.73 Å².